The summed E-state index contributed by atoms with van der Waals surface area (Å²) in [7, 11) is -1.50. The van der Waals surface area contributed by atoms with Crippen molar-refractivity contribution >= 4 is 19.0 Å². The van der Waals surface area contributed by atoms with E-state index in [2.05, 4.69) is 45.1 Å². The second-order valence-electron chi connectivity index (χ2n) is 6.43. The first-order valence-corrected chi connectivity index (χ1v) is 10.1. The minimum Gasteiger partial charge on any atom is -0.300 e. The van der Waals surface area contributed by atoms with Gasteiger partial charge in [-0.05, 0) is 25.8 Å². The maximum Gasteiger partial charge on any atom is 0.132 e. The topological polar surface area (TPSA) is 17.1 Å². The van der Waals surface area contributed by atoms with Crippen LogP contribution >= 0.6 is 0 Å². The van der Waals surface area contributed by atoms with Crippen molar-refractivity contribution in [2.24, 2.45) is 0 Å². The van der Waals surface area contributed by atoms with E-state index in [0.29, 0.717) is 11.3 Å². The van der Waals surface area contributed by atoms with Crippen molar-refractivity contribution in [1.82, 2.24) is 0 Å². The molecule has 0 spiro atoms. The number of rotatable bonds is 2. The van der Waals surface area contributed by atoms with Crippen LogP contribution in [0.2, 0.25) is 18.6 Å². The van der Waals surface area contributed by atoms with Gasteiger partial charge in [0.25, 0.3) is 0 Å². The minimum atomic E-state index is -1.50. The fraction of sp³-hybridized carbons (Fsp3) is 0.562. The van der Waals surface area contributed by atoms with Crippen molar-refractivity contribution < 1.29 is 4.79 Å². The molecule has 0 aliphatic heterocycles. The Morgan fingerprint density at radius 1 is 1.11 bits per heavy atom. The molecule has 1 saturated carbocycles. The third kappa shape index (κ3) is 2.74. The molecule has 0 N–H and O–H groups in total. The molecule has 1 nitrogen and oxygen atoms in total. The van der Waals surface area contributed by atoms with Crippen LogP contribution in [0.3, 0.4) is 0 Å². The van der Waals surface area contributed by atoms with Crippen molar-refractivity contribution in [3.05, 3.63) is 29.3 Å². The Labute approximate surface area is 112 Å². The van der Waals surface area contributed by atoms with Crippen LogP contribution in [0.1, 0.15) is 36.8 Å². The van der Waals surface area contributed by atoms with Gasteiger partial charge < -0.3 is 0 Å². The number of Topliss-reactive ketones (excluding diaryl/α,β-unsaturated/α-hetero) is 1. The Hall–Kier alpha value is -0.893. The maximum atomic E-state index is 11.7. The standard InChI is InChI=1S/C16H24OSi/c1-12-8-13(2)10-16(9-12)18(3,4)15-7-5-6-14(17)11-15/h8-10,15H,5-7,11H2,1-4H3. The monoisotopic (exact) mass is 260 g/mol. The molecule has 18 heavy (non-hydrogen) atoms. The molecule has 1 aromatic carbocycles. The maximum absolute atomic E-state index is 11.7. The zero-order valence-corrected chi connectivity index (χ0v) is 13.0. The van der Waals surface area contributed by atoms with E-state index in [1.807, 2.05) is 0 Å². The van der Waals surface area contributed by atoms with Gasteiger partial charge in [0, 0.05) is 12.8 Å². The summed E-state index contributed by atoms with van der Waals surface area (Å²) in [6, 6.07) is 6.93. The highest BCUT2D eigenvalue weighted by atomic mass is 28.3. The Kier molecular flexibility index (Phi) is 3.76. The van der Waals surface area contributed by atoms with E-state index in [0.717, 1.165) is 19.3 Å². The van der Waals surface area contributed by atoms with E-state index in [4.69, 9.17) is 0 Å². The van der Waals surface area contributed by atoms with Crippen molar-refractivity contribution in [3.8, 4) is 0 Å². The Morgan fingerprint density at radius 3 is 2.28 bits per heavy atom. The number of ketones is 1. The Bertz CT molecular complexity index is 442. The molecule has 2 heteroatoms. The average molecular weight is 260 g/mol. The number of hydrogen-bond donors (Lipinski definition) is 0. The lowest BCUT2D eigenvalue weighted by Crippen LogP contribution is -2.47. The van der Waals surface area contributed by atoms with Crippen LogP contribution in [0, 0.1) is 13.8 Å². The molecule has 0 aromatic heterocycles. The van der Waals surface area contributed by atoms with Gasteiger partial charge in [-0.15, -0.1) is 0 Å². The molecule has 1 aromatic rings. The van der Waals surface area contributed by atoms with Gasteiger partial charge in [-0.25, -0.2) is 0 Å². The van der Waals surface area contributed by atoms with Gasteiger partial charge in [0.1, 0.15) is 5.78 Å². The van der Waals surface area contributed by atoms with Crippen LogP contribution in [0.25, 0.3) is 0 Å². The van der Waals surface area contributed by atoms with E-state index >= 15 is 0 Å². The second-order valence-corrected chi connectivity index (χ2v) is 11.3. The quantitative estimate of drug-likeness (QED) is 0.741. The number of benzene rings is 1. The first-order valence-electron chi connectivity index (χ1n) is 7.00. The predicted molar refractivity (Wildman–Crippen MR) is 80.3 cm³/mol. The highest BCUT2D eigenvalue weighted by molar-refractivity contribution is 6.91. The van der Waals surface area contributed by atoms with Crippen molar-refractivity contribution in [2.45, 2.75) is 58.2 Å². The molecule has 1 aliphatic carbocycles. The van der Waals surface area contributed by atoms with Crippen LogP contribution < -0.4 is 5.19 Å². The fourth-order valence-electron chi connectivity index (χ4n) is 3.22. The molecule has 1 unspecified atom stereocenters. The summed E-state index contributed by atoms with van der Waals surface area (Å²) >= 11 is 0. The highest BCUT2D eigenvalue weighted by Crippen LogP contribution is 2.35. The van der Waals surface area contributed by atoms with Crippen LogP contribution in [0.4, 0.5) is 0 Å². The summed E-state index contributed by atoms with van der Waals surface area (Å²) in [5.41, 5.74) is 3.35. The molecule has 0 amide bonds. The lowest BCUT2D eigenvalue weighted by atomic mass is 9.99. The Morgan fingerprint density at radius 2 is 1.72 bits per heavy atom. The number of carbonyl (C=O) groups excluding carboxylic acids is 1. The molecule has 98 valence electrons. The molecule has 1 fully saturated rings. The zero-order valence-electron chi connectivity index (χ0n) is 12.0. The summed E-state index contributed by atoms with van der Waals surface area (Å²) < 4.78 is 0. The molecule has 1 aliphatic rings. The van der Waals surface area contributed by atoms with Gasteiger partial charge in [-0.2, -0.15) is 0 Å². The van der Waals surface area contributed by atoms with Gasteiger partial charge in [-0.1, -0.05) is 54.0 Å². The van der Waals surface area contributed by atoms with Gasteiger partial charge in [0.05, 0.1) is 8.07 Å². The zero-order chi connectivity index (χ0) is 13.3. The van der Waals surface area contributed by atoms with Gasteiger partial charge in [0.2, 0.25) is 0 Å². The summed E-state index contributed by atoms with van der Waals surface area (Å²) in [5.74, 6) is 0.483. The Balaban J connectivity index is 2.31. The third-order valence-electron chi connectivity index (χ3n) is 4.47. The van der Waals surface area contributed by atoms with Crippen LogP contribution in [-0.2, 0) is 4.79 Å². The van der Waals surface area contributed by atoms with Gasteiger partial charge in [-0.3, -0.25) is 4.79 Å². The van der Waals surface area contributed by atoms with Gasteiger partial charge >= 0.3 is 0 Å². The first kappa shape index (κ1) is 13.5. The average Bonchev–Trinajstić information content (AvgIpc) is 2.27. The fourth-order valence-corrected chi connectivity index (χ4v) is 6.56. The summed E-state index contributed by atoms with van der Waals surface area (Å²) in [6.45, 7) is 9.22. The lowest BCUT2D eigenvalue weighted by Gasteiger charge is -2.35. The molecule has 0 saturated heterocycles. The predicted octanol–water partition coefficient (Wildman–Crippen LogP) is 3.73. The molecule has 1 atom stereocenters. The van der Waals surface area contributed by atoms with Crippen molar-refractivity contribution in [2.75, 3.05) is 0 Å². The molecule has 0 bridgehead atoms. The SMILES string of the molecule is Cc1cc(C)cc([Si](C)(C)C2CCCC(=O)C2)c1. The van der Waals surface area contributed by atoms with Crippen molar-refractivity contribution in [3.63, 3.8) is 0 Å². The van der Waals surface area contributed by atoms with E-state index in [1.54, 1.807) is 0 Å². The molecule has 0 heterocycles. The molecule has 0 radical (unpaired) electrons. The molecular formula is C16H24OSi. The van der Waals surface area contributed by atoms with E-state index in [-0.39, 0.29) is 0 Å². The lowest BCUT2D eigenvalue weighted by molar-refractivity contribution is -0.120. The van der Waals surface area contributed by atoms with Crippen LogP contribution in [-0.4, -0.2) is 13.9 Å². The van der Waals surface area contributed by atoms with E-state index < -0.39 is 8.07 Å². The van der Waals surface area contributed by atoms with Crippen molar-refractivity contribution in [1.29, 1.82) is 0 Å². The van der Waals surface area contributed by atoms with Crippen LogP contribution in [0.15, 0.2) is 18.2 Å². The third-order valence-corrected chi connectivity index (χ3v) is 8.78. The number of aryl methyl sites for hydroxylation is 2. The summed E-state index contributed by atoms with van der Waals surface area (Å²) in [4.78, 5) is 11.7. The van der Waals surface area contributed by atoms with E-state index in [1.165, 1.54) is 22.7 Å². The first-order chi connectivity index (χ1) is 8.39. The smallest absolute Gasteiger partial charge is 0.132 e. The summed E-state index contributed by atoms with van der Waals surface area (Å²) in [6.07, 6.45) is 3.99. The minimum absolute atomic E-state index is 0.483. The second kappa shape index (κ2) is 5.00. The summed E-state index contributed by atoms with van der Waals surface area (Å²) in [5, 5.41) is 1.53. The van der Waals surface area contributed by atoms with Gasteiger partial charge in [0.15, 0.2) is 0 Å². The highest BCUT2D eigenvalue weighted by Gasteiger charge is 2.36. The largest absolute Gasteiger partial charge is 0.300 e. The normalized spacial score (nSPS) is 21.1. The van der Waals surface area contributed by atoms with E-state index in [9.17, 15) is 4.79 Å². The van der Waals surface area contributed by atoms with Crippen LogP contribution in [0.5, 0.6) is 0 Å². The molecule has 2 rings (SSSR count). The number of carbonyl (C=O) groups is 1. The molecular weight excluding hydrogens is 236 g/mol. The number of hydrogen-bond acceptors (Lipinski definition) is 1.